The van der Waals surface area contributed by atoms with Crippen molar-refractivity contribution in [1.82, 2.24) is 15.0 Å². The number of hydrogen-bond donors (Lipinski definition) is 0. The Morgan fingerprint density at radius 1 is 1.05 bits per heavy atom. The molecule has 39 heavy (non-hydrogen) atoms. The van der Waals surface area contributed by atoms with Crippen LogP contribution in [-0.4, -0.2) is 49.6 Å². The molecule has 0 bridgehead atoms. The van der Waals surface area contributed by atoms with Crippen LogP contribution < -0.4 is 9.04 Å². The minimum atomic E-state index is -3.88. The van der Waals surface area contributed by atoms with E-state index in [-0.39, 0.29) is 36.4 Å². The summed E-state index contributed by atoms with van der Waals surface area (Å²) >= 11 is 0. The molecule has 0 N–H and O–H groups in total. The van der Waals surface area contributed by atoms with E-state index in [0.717, 1.165) is 16.7 Å². The Bertz CT molecular complexity index is 1620. The average molecular weight is 545 g/mol. The normalized spacial score (nSPS) is 14.6. The van der Waals surface area contributed by atoms with Gasteiger partial charge in [0.25, 0.3) is 10.0 Å². The van der Waals surface area contributed by atoms with Crippen LogP contribution in [-0.2, 0) is 26.0 Å². The lowest BCUT2D eigenvalue weighted by molar-refractivity contribution is -0.142. The van der Waals surface area contributed by atoms with Gasteiger partial charge in [-0.2, -0.15) is 0 Å². The number of aryl methyl sites for hydroxylation is 1. The van der Waals surface area contributed by atoms with E-state index < -0.39 is 10.0 Å². The molecule has 1 atom stereocenters. The number of para-hydroxylation sites is 1. The van der Waals surface area contributed by atoms with Crippen molar-refractivity contribution in [2.24, 2.45) is 0 Å². The van der Waals surface area contributed by atoms with Crippen molar-refractivity contribution in [2.75, 3.05) is 24.6 Å². The van der Waals surface area contributed by atoms with E-state index in [0.29, 0.717) is 28.5 Å². The molecule has 9 nitrogen and oxygen atoms in total. The molecule has 5 rings (SSSR count). The summed E-state index contributed by atoms with van der Waals surface area (Å²) in [5.41, 5.74) is 4.19. The number of ether oxygens (including phenoxy) is 2. The van der Waals surface area contributed by atoms with Gasteiger partial charge in [-0.25, -0.2) is 22.7 Å². The maximum absolute atomic E-state index is 13.8. The summed E-state index contributed by atoms with van der Waals surface area (Å²) in [4.78, 5) is 25.6. The van der Waals surface area contributed by atoms with Crippen molar-refractivity contribution >= 4 is 21.8 Å². The quantitative estimate of drug-likeness (QED) is 0.302. The average Bonchev–Trinajstić information content (AvgIpc) is 3.33. The van der Waals surface area contributed by atoms with E-state index in [9.17, 15) is 13.2 Å². The molecule has 4 aromatic rings. The number of pyridine rings is 1. The molecule has 1 aliphatic heterocycles. The van der Waals surface area contributed by atoms with Crippen LogP contribution in [0, 0.1) is 6.92 Å². The van der Waals surface area contributed by atoms with Crippen molar-refractivity contribution in [1.29, 1.82) is 0 Å². The van der Waals surface area contributed by atoms with Crippen LogP contribution in [0.2, 0.25) is 0 Å². The van der Waals surface area contributed by atoms with Crippen molar-refractivity contribution < 1.29 is 22.7 Å². The number of esters is 1. The summed E-state index contributed by atoms with van der Waals surface area (Å²) in [6.45, 7) is 4.10. The standard InChI is InChI=1S/C29H28N4O5S/c1-4-38-28(34)14-21-16-30-17-26(32-21)20-13-24-25(23-7-5-6-8-27(23)37-3)18-33(29(24)31-15-20)39(35,36)22-11-9-19(2)10-12-22/h5-13,15-17,25H,4,14,18H2,1-3H3. The first kappa shape index (κ1) is 26.3. The molecule has 10 heteroatoms. The monoisotopic (exact) mass is 544 g/mol. The zero-order valence-electron chi connectivity index (χ0n) is 21.9. The summed E-state index contributed by atoms with van der Waals surface area (Å²) in [5, 5.41) is 0. The van der Waals surface area contributed by atoms with Gasteiger partial charge in [-0.3, -0.25) is 9.78 Å². The number of aromatic nitrogens is 3. The molecule has 3 heterocycles. The number of fused-ring (bicyclic) bond motifs is 1. The van der Waals surface area contributed by atoms with Crippen molar-refractivity contribution in [2.45, 2.75) is 31.1 Å². The van der Waals surface area contributed by atoms with Gasteiger partial charge in [-0.05, 0) is 38.1 Å². The van der Waals surface area contributed by atoms with E-state index in [2.05, 4.69) is 15.0 Å². The lowest BCUT2D eigenvalue weighted by atomic mass is 9.92. The topological polar surface area (TPSA) is 112 Å². The van der Waals surface area contributed by atoms with Gasteiger partial charge in [-0.15, -0.1) is 0 Å². The summed E-state index contributed by atoms with van der Waals surface area (Å²) in [7, 11) is -2.29. The predicted molar refractivity (Wildman–Crippen MR) is 146 cm³/mol. The molecule has 2 aromatic heterocycles. The number of nitrogens with zero attached hydrogens (tertiary/aromatic N) is 4. The molecule has 0 aliphatic carbocycles. The molecule has 0 radical (unpaired) electrons. The van der Waals surface area contributed by atoms with Gasteiger partial charge in [0.05, 0.1) is 42.6 Å². The Balaban J connectivity index is 1.60. The smallest absolute Gasteiger partial charge is 0.311 e. The first-order valence-corrected chi connectivity index (χ1v) is 13.9. The third kappa shape index (κ3) is 5.20. The largest absolute Gasteiger partial charge is 0.496 e. The maximum Gasteiger partial charge on any atom is 0.311 e. The Kier molecular flexibility index (Phi) is 7.30. The lowest BCUT2D eigenvalue weighted by Gasteiger charge is -2.20. The number of benzene rings is 2. The van der Waals surface area contributed by atoms with Crippen LogP contribution in [0.5, 0.6) is 5.75 Å². The first-order chi connectivity index (χ1) is 18.8. The second kappa shape index (κ2) is 10.8. The Labute approximate surface area is 227 Å². The second-order valence-electron chi connectivity index (χ2n) is 9.16. The minimum absolute atomic E-state index is 0.000536. The third-order valence-electron chi connectivity index (χ3n) is 6.59. The number of carbonyl (C=O) groups is 1. The molecule has 1 unspecified atom stereocenters. The van der Waals surface area contributed by atoms with Crippen LogP contribution in [0.25, 0.3) is 11.3 Å². The Morgan fingerprint density at radius 3 is 2.56 bits per heavy atom. The Hall–Kier alpha value is -4.31. The summed E-state index contributed by atoms with van der Waals surface area (Å²) in [5.74, 6) is 0.291. The van der Waals surface area contributed by atoms with Crippen molar-refractivity contribution in [3.8, 4) is 17.0 Å². The zero-order valence-corrected chi connectivity index (χ0v) is 22.7. The molecule has 0 fully saturated rings. The lowest BCUT2D eigenvalue weighted by Crippen LogP contribution is -2.30. The van der Waals surface area contributed by atoms with Gasteiger partial charge in [0.15, 0.2) is 0 Å². The molecule has 1 aliphatic rings. The first-order valence-electron chi connectivity index (χ1n) is 12.5. The molecular formula is C29H28N4O5S. The number of methoxy groups -OCH3 is 1. The highest BCUT2D eigenvalue weighted by molar-refractivity contribution is 7.92. The molecule has 200 valence electrons. The van der Waals surface area contributed by atoms with E-state index >= 15 is 0 Å². The second-order valence-corrected chi connectivity index (χ2v) is 11.0. The van der Waals surface area contributed by atoms with Gasteiger partial charge in [0, 0.05) is 41.5 Å². The Morgan fingerprint density at radius 2 is 1.82 bits per heavy atom. The van der Waals surface area contributed by atoms with E-state index in [1.807, 2.05) is 37.3 Å². The molecule has 0 saturated heterocycles. The number of carbonyl (C=O) groups excluding carboxylic acids is 1. The maximum atomic E-state index is 13.8. The molecule has 2 aromatic carbocycles. The highest BCUT2D eigenvalue weighted by Gasteiger charge is 2.39. The van der Waals surface area contributed by atoms with Crippen LogP contribution in [0.3, 0.4) is 0 Å². The number of anilines is 1. The molecular weight excluding hydrogens is 516 g/mol. The van der Waals surface area contributed by atoms with Crippen molar-refractivity contribution in [3.63, 3.8) is 0 Å². The molecule has 0 spiro atoms. The van der Waals surface area contributed by atoms with Gasteiger partial charge in [0.2, 0.25) is 0 Å². The number of rotatable bonds is 8. The highest BCUT2D eigenvalue weighted by Crippen LogP contribution is 2.45. The SMILES string of the molecule is CCOC(=O)Cc1cncc(-c2cnc3c(c2)C(c2ccccc2OC)CN3S(=O)(=O)c2ccc(C)cc2)n1. The number of sulfonamides is 1. The summed E-state index contributed by atoms with van der Waals surface area (Å²) in [6, 6.07) is 16.2. The number of hydrogen-bond acceptors (Lipinski definition) is 8. The summed E-state index contributed by atoms with van der Waals surface area (Å²) in [6.07, 6.45) is 4.69. The van der Waals surface area contributed by atoms with Gasteiger partial charge < -0.3 is 9.47 Å². The minimum Gasteiger partial charge on any atom is -0.496 e. The molecule has 0 saturated carbocycles. The highest BCUT2D eigenvalue weighted by atomic mass is 32.2. The van der Waals surface area contributed by atoms with Crippen LogP contribution in [0.4, 0.5) is 5.82 Å². The molecule has 0 amide bonds. The van der Waals surface area contributed by atoms with Gasteiger partial charge in [0.1, 0.15) is 11.6 Å². The zero-order chi connectivity index (χ0) is 27.6. The van der Waals surface area contributed by atoms with E-state index in [4.69, 9.17) is 9.47 Å². The fraction of sp³-hybridized carbons (Fsp3) is 0.241. The summed E-state index contributed by atoms with van der Waals surface area (Å²) < 4.78 is 39.6. The van der Waals surface area contributed by atoms with E-state index in [1.54, 1.807) is 50.7 Å². The van der Waals surface area contributed by atoms with Crippen LogP contribution in [0.15, 0.2) is 78.1 Å². The fourth-order valence-electron chi connectivity index (χ4n) is 4.69. The fourth-order valence-corrected chi connectivity index (χ4v) is 6.15. The van der Waals surface area contributed by atoms with Crippen LogP contribution >= 0.6 is 0 Å². The van der Waals surface area contributed by atoms with Crippen LogP contribution in [0.1, 0.15) is 35.2 Å². The van der Waals surface area contributed by atoms with Gasteiger partial charge in [-0.1, -0.05) is 35.9 Å². The third-order valence-corrected chi connectivity index (χ3v) is 8.36. The van der Waals surface area contributed by atoms with Gasteiger partial charge >= 0.3 is 5.97 Å². The predicted octanol–water partition coefficient (Wildman–Crippen LogP) is 4.30. The van der Waals surface area contributed by atoms with E-state index in [1.165, 1.54) is 10.5 Å². The van der Waals surface area contributed by atoms with Crippen molar-refractivity contribution in [3.05, 3.63) is 95.6 Å².